The van der Waals surface area contributed by atoms with Crippen molar-refractivity contribution >= 4 is 23.6 Å². The van der Waals surface area contributed by atoms with Gasteiger partial charge in [0.05, 0.1) is 4.88 Å². The molecular weight excluding hydrogens is 226 g/mol. The van der Waals surface area contributed by atoms with Crippen LogP contribution >= 0.6 is 11.3 Å². The van der Waals surface area contributed by atoms with Crippen molar-refractivity contribution < 1.29 is 14.7 Å². The summed E-state index contributed by atoms with van der Waals surface area (Å²) in [6.45, 7) is 0. The van der Waals surface area contributed by atoms with Crippen LogP contribution < -0.4 is 0 Å². The molecule has 2 heterocycles. The van der Waals surface area contributed by atoms with E-state index in [9.17, 15) is 9.59 Å². The molecule has 0 radical (unpaired) electrons. The molecule has 0 aliphatic rings. The highest BCUT2D eigenvalue weighted by atomic mass is 32.1. The van der Waals surface area contributed by atoms with Crippen LogP contribution in [-0.4, -0.2) is 22.3 Å². The van der Waals surface area contributed by atoms with Gasteiger partial charge in [-0.2, -0.15) is 0 Å². The molecule has 0 saturated carbocycles. The van der Waals surface area contributed by atoms with Gasteiger partial charge in [0.2, 0.25) is 0 Å². The van der Waals surface area contributed by atoms with Crippen LogP contribution in [0.3, 0.4) is 0 Å². The minimum absolute atomic E-state index is 0.0101. The first-order valence-corrected chi connectivity index (χ1v) is 5.27. The van der Waals surface area contributed by atoms with Gasteiger partial charge in [-0.15, -0.1) is 11.3 Å². The van der Waals surface area contributed by atoms with Crippen LogP contribution in [0.2, 0.25) is 0 Å². The predicted molar refractivity (Wildman–Crippen MR) is 59.9 cm³/mol. The quantitative estimate of drug-likeness (QED) is 0.826. The zero-order chi connectivity index (χ0) is 11.5. The molecule has 4 nitrogen and oxygen atoms in total. The summed E-state index contributed by atoms with van der Waals surface area (Å²) in [7, 11) is 0. The average molecular weight is 233 g/mol. The van der Waals surface area contributed by atoms with Gasteiger partial charge in [0.15, 0.2) is 6.29 Å². The van der Waals surface area contributed by atoms with Gasteiger partial charge in [-0.3, -0.25) is 4.79 Å². The second-order valence-corrected chi connectivity index (χ2v) is 4.17. The predicted octanol–water partition coefficient (Wildman–Crippen LogP) is 2.32. The van der Waals surface area contributed by atoms with E-state index in [0.717, 1.165) is 16.7 Å². The van der Waals surface area contributed by atoms with Gasteiger partial charge in [0.1, 0.15) is 5.69 Å². The summed E-state index contributed by atoms with van der Waals surface area (Å²) in [6.07, 6.45) is 2.27. The number of aldehydes is 1. The number of hydrogen-bond donors (Lipinski definition) is 1. The van der Waals surface area contributed by atoms with Crippen molar-refractivity contribution in [3.63, 3.8) is 0 Å². The molecule has 0 amide bonds. The van der Waals surface area contributed by atoms with E-state index in [4.69, 9.17) is 5.11 Å². The highest BCUT2D eigenvalue weighted by molar-refractivity contribution is 7.17. The zero-order valence-electron chi connectivity index (χ0n) is 8.08. The molecule has 0 atom stereocenters. The molecule has 80 valence electrons. The number of pyridine rings is 1. The number of thiophene rings is 1. The molecule has 0 aliphatic carbocycles. The summed E-state index contributed by atoms with van der Waals surface area (Å²) in [6, 6.07) is 6.65. The van der Waals surface area contributed by atoms with Gasteiger partial charge >= 0.3 is 5.97 Å². The molecule has 2 aromatic rings. The van der Waals surface area contributed by atoms with E-state index in [1.165, 1.54) is 23.6 Å². The third-order valence-corrected chi connectivity index (χ3v) is 3.07. The van der Waals surface area contributed by atoms with E-state index in [-0.39, 0.29) is 5.69 Å². The topological polar surface area (TPSA) is 67.3 Å². The van der Waals surface area contributed by atoms with Crippen molar-refractivity contribution in [1.29, 1.82) is 0 Å². The molecule has 0 spiro atoms. The normalized spacial score (nSPS) is 10.0. The molecule has 0 aromatic carbocycles. The van der Waals surface area contributed by atoms with Crippen molar-refractivity contribution in [1.82, 2.24) is 4.98 Å². The Morgan fingerprint density at radius 2 is 2.12 bits per heavy atom. The SMILES string of the molecule is O=Cc1ccc(-c2ccc(C(=O)O)nc2)s1. The number of rotatable bonds is 3. The monoisotopic (exact) mass is 233 g/mol. The smallest absolute Gasteiger partial charge is 0.354 e. The molecule has 2 rings (SSSR count). The molecule has 0 bridgehead atoms. The summed E-state index contributed by atoms with van der Waals surface area (Å²) >= 11 is 1.34. The maximum Gasteiger partial charge on any atom is 0.354 e. The van der Waals surface area contributed by atoms with Gasteiger partial charge in [-0.05, 0) is 24.3 Å². The second-order valence-electron chi connectivity index (χ2n) is 3.06. The van der Waals surface area contributed by atoms with Crippen LogP contribution in [-0.2, 0) is 0 Å². The van der Waals surface area contributed by atoms with Crippen molar-refractivity contribution in [2.24, 2.45) is 0 Å². The number of carboxylic acid groups (broad SMARTS) is 1. The Kier molecular flexibility index (Phi) is 2.78. The minimum atomic E-state index is -1.05. The standard InChI is InChI=1S/C11H7NO3S/c13-6-8-2-4-10(16-8)7-1-3-9(11(14)15)12-5-7/h1-6H,(H,14,15). The lowest BCUT2D eigenvalue weighted by Gasteiger charge is -1.97. The Hall–Kier alpha value is -2.01. The van der Waals surface area contributed by atoms with Crippen molar-refractivity contribution in [3.8, 4) is 10.4 Å². The van der Waals surface area contributed by atoms with Crippen molar-refractivity contribution in [2.45, 2.75) is 0 Å². The van der Waals surface area contributed by atoms with Crippen molar-refractivity contribution in [3.05, 3.63) is 41.0 Å². The first kappa shape index (κ1) is 10.5. The van der Waals surface area contributed by atoms with E-state index in [0.29, 0.717) is 4.88 Å². The summed E-state index contributed by atoms with van der Waals surface area (Å²) in [5, 5.41) is 8.68. The Morgan fingerprint density at radius 3 is 2.62 bits per heavy atom. The van der Waals surface area contributed by atoms with E-state index >= 15 is 0 Å². The highest BCUT2D eigenvalue weighted by Gasteiger charge is 2.06. The average Bonchev–Trinajstić information content (AvgIpc) is 2.77. The molecule has 0 saturated heterocycles. The fourth-order valence-corrected chi connectivity index (χ4v) is 2.05. The number of carbonyl (C=O) groups is 2. The number of carboxylic acids is 1. The van der Waals surface area contributed by atoms with E-state index in [2.05, 4.69) is 4.98 Å². The van der Waals surface area contributed by atoms with Crippen LogP contribution in [0, 0.1) is 0 Å². The number of hydrogen-bond acceptors (Lipinski definition) is 4. The van der Waals surface area contributed by atoms with Gasteiger partial charge < -0.3 is 5.11 Å². The summed E-state index contributed by atoms with van der Waals surface area (Å²) < 4.78 is 0. The van der Waals surface area contributed by atoms with Crippen LogP contribution in [0.1, 0.15) is 20.2 Å². The lowest BCUT2D eigenvalue weighted by molar-refractivity contribution is 0.0690. The Balaban J connectivity index is 2.34. The lowest BCUT2D eigenvalue weighted by atomic mass is 10.2. The Labute approximate surface area is 95.2 Å². The first-order chi connectivity index (χ1) is 7.70. The second kappa shape index (κ2) is 4.24. The van der Waals surface area contributed by atoms with Crippen molar-refractivity contribution in [2.75, 3.05) is 0 Å². The van der Waals surface area contributed by atoms with E-state index < -0.39 is 5.97 Å². The third-order valence-electron chi connectivity index (χ3n) is 2.01. The largest absolute Gasteiger partial charge is 0.477 e. The number of carbonyl (C=O) groups excluding carboxylic acids is 1. The summed E-state index contributed by atoms with van der Waals surface area (Å²) in [5.74, 6) is -1.05. The lowest BCUT2D eigenvalue weighted by Crippen LogP contribution is -1.98. The van der Waals surface area contributed by atoms with Gasteiger partial charge in [-0.25, -0.2) is 9.78 Å². The van der Waals surface area contributed by atoms with Gasteiger partial charge in [0, 0.05) is 16.6 Å². The molecule has 0 fully saturated rings. The highest BCUT2D eigenvalue weighted by Crippen LogP contribution is 2.26. The number of nitrogens with zero attached hydrogens (tertiary/aromatic N) is 1. The van der Waals surface area contributed by atoms with Gasteiger partial charge in [0.25, 0.3) is 0 Å². The van der Waals surface area contributed by atoms with Gasteiger partial charge in [-0.1, -0.05) is 0 Å². The Bertz CT molecular complexity index is 530. The molecule has 0 unspecified atom stereocenters. The van der Waals surface area contributed by atoms with Crippen LogP contribution in [0.5, 0.6) is 0 Å². The fraction of sp³-hybridized carbons (Fsp3) is 0. The molecule has 16 heavy (non-hydrogen) atoms. The summed E-state index contributed by atoms with van der Waals surface area (Å²) in [5.41, 5.74) is 0.819. The summed E-state index contributed by atoms with van der Waals surface area (Å²) in [4.78, 5) is 26.4. The van der Waals surface area contributed by atoms with E-state index in [1.807, 2.05) is 6.07 Å². The Morgan fingerprint density at radius 1 is 1.31 bits per heavy atom. The third kappa shape index (κ3) is 1.99. The zero-order valence-corrected chi connectivity index (χ0v) is 8.90. The molecular formula is C11H7NO3S. The van der Waals surface area contributed by atoms with Crippen LogP contribution in [0.4, 0.5) is 0 Å². The fourth-order valence-electron chi connectivity index (χ4n) is 1.24. The molecule has 2 aromatic heterocycles. The first-order valence-electron chi connectivity index (χ1n) is 4.45. The number of aromatic carboxylic acids is 1. The maximum absolute atomic E-state index is 10.6. The van der Waals surface area contributed by atoms with E-state index in [1.54, 1.807) is 12.1 Å². The number of aromatic nitrogens is 1. The molecule has 1 N–H and O–H groups in total. The minimum Gasteiger partial charge on any atom is -0.477 e. The maximum atomic E-state index is 10.6. The molecule has 0 aliphatic heterocycles. The molecule has 5 heteroatoms. The van der Waals surface area contributed by atoms with Crippen LogP contribution in [0.15, 0.2) is 30.5 Å². The van der Waals surface area contributed by atoms with Crippen LogP contribution in [0.25, 0.3) is 10.4 Å².